The second-order valence-electron chi connectivity index (χ2n) is 4.56. The van der Waals surface area contributed by atoms with Gasteiger partial charge in [-0.2, -0.15) is 0 Å². The van der Waals surface area contributed by atoms with Crippen LogP contribution in [-0.4, -0.2) is 33.0 Å². The fourth-order valence-electron chi connectivity index (χ4n) is 1.91. The number of amides is 1. The highest BCUT2D eigenvalue weighted by atomic mass is 79.9. The van der Waals surface area contributed by atoms with Gasteiger partial charge in [-0.15, -0.1) is 0 Å². The summed E-state index contributed by atoms with van der Waals surface area (Å²) in [6.45, 7) is 1.80. The van der Waals surface area contributed by atoms with E-state index in [4.69, 9.17) is 0 Å². The van der Waals surface area contributed by atoms with Crippen LogP contribution < -0.4 is 5.32 Å². The minimum Gasteiger partial charge on any atom is -0.480 e. The topological polar surface area (TPSA) is 95.1 Å². The molecule has 0 aliphatic carbocycles. The molecule has 0 spiro atoms. The monoisotopic (exact) mass is 351 g/mol. The molecule has 7 heteroatoms. The number of carbonyl (C=O) groups excluding carboxylic acids is 1. The van der Waals surface area contributed by atoms with Gasteiger partial charge in [0.05, 0.1) is 6.33 Å². The molecular formula is C14H14BrN3O3. The largest absolute Gasteiger partial charge is 0.480 e. The fraction of sp³-hybridized carbons (Fsp3) is 0.214. The second-order valence-corrected chi connectivity index (χ2v) is 5.41. The van der Waals surface area contributed by atoms with Gasteiger partial charge in [0, 0.05) is 28.3 Å². The number of hydrogen-bond acceptors (Lipinski definition) is 3. The van der Waals surface area contributed by atoms with Crippen molar-refractivity contribution in [3.05, 3.63) is 52.0 Å². The summed E-state index contributed by atoms with van der Waals surface area (Å²) in [5.41, 5.74) is 1.86. The van der Waals surface area contributed by atoms with Crippen LogP contribution in [0.4, 0.5) is 0 Å². The number of H-pyrrole nitrogens is 1. The molecule has 0 bridgehead atoms. The van der Waals surface area contributed by atoms with E-state index in [9.17, 15) is 14.7 Å². The maximum Gasteiger partial charge on any atom is 0.326 e. The Morgan fingerprint density at radius 1 is 1.48 bits per heavy atom. The number of aliphatic carboxylic acids is 1. The molecule has 1 atom stereocenters. The van der Waals surface area contributed by atoms with Crippen molar-refractivity contribution in [1.29, 1.82) is 0 Å². The summed E-state index contributed by atoms with van der Waals surface area (Å²) >= 11 is 3.35. The number of hydrogen-bond donors (Lipinski definition) is 3. The number of rotatable bonds is 5. The van der Waals surface area contributed by atoms with Gasteiger partial charge in [0.15, 0.2) is 0 Å². The Morgan fingerprint density at radius 3 is 2.86 bits per heavy atom. The highest BCUT2D eigenvalue weighted by Crippen LogP contribution is 2.19. The Balaban J connectivity index is 2.15. The molecule has 0 saturated carbocycles. The van der Waals surface area contributed by atoms with Crippen molar-refractivity contribution in [2.45, 2.75) is 19.4 Å². The lowest BCUT2D eigenvalue weighted by molar-refractivity contribution is -0.139. The summed E-state index contributed by atoms with van der Waals surface area (Å²) in [6, 6.07) is 4.20. The molecule has 1 amide bonds. The zero-order valence-corrected chi connectivity index (χ0v) is 12.8. The molecule has 0 radical (unpaired) electrons. The molecule has 0 aliphatic heterocycles. The number of halogens is 1. The molecule has 1 heterocycles. The van der Waals surface area contributed by atoms with E-state index in [1.807, 2.05) is 6.07 Å². The Labute approximate surface area is 129 Å². The van der Waals surface area contributed by atoms with Crippen LogP contribution in [-0.2, 0) is 11.2 Å². The SMILES string of the molecule is Cc1c(Br)cccc1C(=O)NC(Cc1cnc[nH]1)C(=O)O. The van der Waals surface area contributed by atoms with Crippen molar-refractivity contribution in [2.24, 2.45) is 0 Å². The molecule has 0 fully saturated rings. The number of carboxylic acids is 1. The predicted octanol–water partition coefficient (Wildman–Crippen LogP) is 1.91. The molecule has 21 heavy (non-hydrogen) atoms. The van der Waals surface area contributed by atoms with E-state index >= 15 is 0 Å². The number of nitrogens with zero attached hydrogens (tertiary/aromatic N) is 1. The summed E-state index contributed by atoms with van der Waals surface area (Å²) in [4.78, 5) is 30.2. The first-order chi connectivity index (χ1) is 9.99. The summed E-state index contributed by atoms with van der Waals surface area (Å²) in [5, 5.41) is 11.8. The fourth-order valence-corrected chi connectivity index (χ4v) is 2.27. The molecular weight excluding hydrogens is 338 g/mol. The van der Waals surface area contributed by atoms with Crippen LogP contribution >= 0.6 is 15.9 Å². The highest BCUT2D eigenvalue weighted by molar-refractivity contribution is 9.10. The van der Waals surface area contributed by atoms with Crippen molar-refractivity contribution in [3.8, 4) is 0 Å². The quantitative estimate of drug-likeness (QED) is 0.766. The maximum atomic E-state index is 12.2. The number of aromatic amines is 1. The van der Waals surface area contributed by atoms with Gasteiger partial charge in [-0.25, -0.2) is 9.78 Å². The second kappa shape index (κ2) is 6.53. The Hall–Kier alpha value is -2.15. The maximum absolute atomic E-state index is 12.2. The first kappa shape index (κ1) is 15.2. The van der Waals surface area contributed by atoms with E-state index in [0.29, 0.717) is 11.3 Å². The average Bonchev–Trinajstić information content (AvgIpc) is 2.93. The van der Waals surface area contributed by atoms with E-state index in [1.54, 1.807) is 19.1 Å². The Kier molecular flexibility index (Phi) is 4.74. The zero-order valence-electron chi connectivity index (χ0n) is 11.3. The van der Waals surface area contributed by atoms with Crippen molar-refractivity contribution < 1.29 is 14.7 Å². The summed E-state index contributed by atoms with van der Waals surface area (Å²) in [5.74, 6) is -1.51. The van der Waals surface area contributed by atoms with E-state index < -0.39 is 17.9 Å². The number of carboxylic acid groups (broad SMARTS) is 1. The summed E-state index contributed by atoms with van der Waals surface area (Å²) in [7, 11) is 0. The zero-order chi connectivity index (χ0) is 15.4. The van der Waals surface area contributed by atoms with Gasteiger partial charge in [-0.05, 0) is 24.6 Å². The number of benzene rings is 1. The molecule has 6 nitrogen and oxygen atoms in total. The first-order valence-corrected chi connectivity index (χ1v) is 7.04. The van der Waals surface area contributed by atoms with Gasteiger partial charge in [0.1, 0.15) is 6.04 Å². The van der Waals surface area contributed by atoms with Crippen molar-refractivity contribution in [3.63, 3.8) is 0 Å². The Morgan fingerprint density at radius 2 is 2.24 bits per heavy atom. The molecule has 2 aromatic rings. The first-order valence-electron chi connectivity index (χ1n) is 6.25. The minimum absolute atomic E-state index is 0.147. The van der Waals surface area contributed by atoms with Gasteiger partial charge >= 0.3 is 5.97 Å². The molecule has 1 aromatic carbocycles. The van der Waals surface area contributed by atoms with Gasteiger partial charge in [0.2, 0.25) is 0 Å². The molecule has 110 valence electrons. The minimum atomic E-state index is -1.09. The van der Waals surface area contributed by atoms with Crippen molar-refractivity contribution >= 4 is 27.8 Å². The molecule has 0 aliphatic rings. The van der Waals surface area contributed by atoms with Crippen LogP contribution in [0.2, 0.25) is 0 Å². The van der Waals surface area contributed by atoms with Crippen LogP contribution in [0.3, 0.4) is 0 Å². The van der Waals surface area contributed by atoms with Crippen LogP contribution in [0, 0.1) is 6.92 Å². The standard InChI is InChI=1S/C14H14BrN3O3/c1-8-10(3-2-4-11(8)15)13(19)18-12(14(20)21)5-9-6-16-7-17-9/h2-4,6-7,12H,5H2,1H3,(H,16,17)(H,18,19)(H,20,21). The van der Waals surface area contributed by atoms with Crippen LogP contribution in [0.1, 0.15) is 21.6 Å². The van der Waals surface area contributed by atoms with E-state index in [0.717, 1.165) is 10.0 Å². The van der Waals surface area contributed by atoms with Crippen molar-refractivity contribution in [1.82, 2.24) is 15.3 Å². The lowest BCUT2D eigenvalue weighted by atomic mass is 10.1. The summed E-state index contributed by atoms with van der Waals surface area (Å²) in [6.07, 6.45) is 3.15. The van der Waals surface area contributed by atoms with Crippen LogP contribution in [0.15, 0.2) is 35.2 Å². The van der Waals surface area contributed by atoms with E-state index in [2.05, 4.69) is 31.2 Å². The third kappa shape index (κ3) is 3.69. The summed E-state index contributed by atoms with van der Waals surface area (Å²) < 4.78 is 0.801. The Bertz CT molecular complexity index is 655. The number of nitrogens with one attached hydrogen (secondary N) is 2. The molecule has 1 aromatic heterocycles. The van der Waals surface area contributed by atoms with Gasteiger partial charge in [0.25, 0.3) is 5.91 Å². The van der Waals surface area contributed by atoms with E-state index in [1.165, 1.54) is 12.5 Å². The molecule has 0 saturated heterocycles. The van der Waals surface area contributed by atoms with Crippen LogP contribution in [0.5, 0.6) is 0 Å². The lowest BCUT2D eigenvalue weighted by Gasteiger charge is -2.15. The highest BCUT2D eigenvalue weighted by Gasteiger charge is 2.22. The predicted molar refractivity (Wildman–Crippen MR) is 80.1 cm³/mol. The molecule has 1 unspecified atom stereocenters. The van der Waals surface area contributed by atoms with Gasteiger partial charge < -0.3 is 15.4 Å². The molecule has 2 rings (SSSR count). The van der Waals surface area contributed by atoms with E-state index in [-0.39, 0.29) is 6.42 Å². The lowest BCUT2D eigenvalue weighted by Crippen LogP contribution is -2.42. The third-order valence-corrected chi connectivity index (χ3v) is 3.95. The van der Waals surface area contributed by atoms with Crippen molar-refractivity contribution in [2.75, 3.05) is 0 Å². The number of imidazole rings is 1. The van der Waals surface area contributed by atoms with Gasteiger partial charge in [-0.1, -0.05) is 22.0 Å². The average molecular weight is 352 g/mol. The third-order valence-electron chi connectivity index (χ3n) is 3.09. The molecule has 3 N–H and O–H groups in total. The van der Waals surface area contributed by atoms with Crippen LogP contribution in [0.25, 0.3) is 0 Å². The number of aromatic nitrogens is 2. The van der Waals surface area contributed by atoms with Gasteiger partial charge in [-0.3, -0.25) is 4.79 Å². The number of carbonyl (C=O) groups is 2. The smallest absolute Gasteiger partial charge is 0.326 e. The normalized spacial score (nSPS) is 11.9.